The number of carbonyl (C=O) groups excluding carboxylic acids is 1. The quantitative estimate of drug-likeness (QED) is 0.206. The average molecular weight is 553 g/mol. The summed E-state index contributed by atoms with van der Waals surface area (Å²) >= 11 is 8.42. The van der Waals surface area contributed by atoms with E-state index in [2.05, 4.69) is 47.4 Å². The van der Waals surface area contributed by atoms with Crippen molar-refractivity contribution in [2.24, 2.45) is 5.10 Å². The topological polar surface area (TPSA) is 72.8 Å². The van der Waals surface area contributed by atoms with Crippen molar-refractivity contribution in [3.8, 4) is 5.75 Å². The first-order chi connectivity index (χ1) is 14.5. The molecule has 3 rings (SSSR count). The second kappa shape index (κ2) is 11.2. The van der Waals surface area contributed by atoms with E-state index in [1.54, 1.807) is 18.5 Å². The third-order valence-electron chi connectivity index (χ3n) is 3.81. The van der Waals surface area contributed by atoms with E-state index in [9.17, 15) is 4.79 Å². The normalized spacial score (nSPS) is 10.9. The van der Waals surface area contributed by atoms with Crippen molar-refractivity contribution in [3.63, 3.8) is 0 Å². The molecular weight excluding hydrogens is 534 g/mol. The average Bonchev–Trinajstić information content (AvgIpc) is 3.15. The first-order valence-corrected chi connectivity index (χ1v) is 11.6. The third kappa shape index (κ3) is 6.65. The molecule has 0 unspecified atom stereocenters. The van der Waals surface area contributed by atoms with Gasteiger partial charge in [-0.25, -0.2) is 4.98 Å². The molecule has 0 radical (unpaired) electrons. The van der Waals surface area contributed by atoms with E-state index in [4.69, 9.17) is 9.47 Å². The minimum absolute atomic E-state index is 0.145. The van der Waals surface area contributed by atoms with Crippen LogP contribution in [0.3, 0.4) is 0 Å². The standard InChI is InChI=1S/C21H19Br2N3O3S/c1-2-28-19(27)10-17-13-30-21(25-17)26-24-11-15-8-16(22)9-18(23)20(15)29-12-14-6-4-3-5-7-14/h3-9,11,13H,2,10,12H2,1H3,(H,25,26). The molecule has 0 bridgehead atoms. The number of nitrogens with zero attached hydrogens (tertiary/aromatic N) is 2. The summed E-state index contributed by atoms with van der Waals surface area (Å²) in [6.07, 6.45) is 1.81. The highest BCUT2D eigenvalue weighted by molar-refractivity contribution is 9.11. The molecule has 156 valence electrons. The molecule has 1 N–H and O–H groups in total. The van der Waals surface area contributed by atoms with E-state index in [0.29, 0.717) is 29.8 Å². The lowest BCUT2D eigenvalue weighted by Gasteiger charge is -2.12. The highest BCUT2D eigenvalue weighted by Crippen LogP contribution is 2.32. The number of halogens is 2. The molecule has 0 aliphatic carbocycles. The Morgan fingerprint density at radius 1 is 1.27 bits per heavy atom. The van der Waals surface area contributed by atoms with Crippen LogP contribution in [0.5, 0.6) is 5.75 Å². The molecule has 30 heavy (non-hydrogen) atoms. The number of hydrogen-bond acceptors (Lipinski definition) is 7. The minimum atomic E-state index is -0.294. The summed E-state index contributed by atoms with van der Waals surface area (Å²) in [6.45, 7) is 2.58. The predicted molar refractivity (Wildman–Crippen MR) is 126 cm³/mol. The minimum Gasteiger partial charge on any atom is -0.487 e. The lowest BCUT2D eigenvalue weighted by molar-refractivity contribution is -0.142. The lowest BCUT2D eigenvalue weighted by Crippen LogP contribution is -2.07. The van der Waals surface area contributed by atoms with Crippen molar-refractivity contribution >= 4 is 60.5 Å². The van der Waals surface area contributed by atoms with Gasteiger partial charge in [0.2, 0.25) is 5.13 Å². The van der Waals surface area contributed by atoms with Gasteiger partial charge in [-0.1, -0.05) is 46.3 Å². The summed E-state index contributed by atoms with van der Waals surface area (Å²) in [7, 11) is 0. The van der Waals surface area contributed by atoms with Gasteiger partial charge < -0.3 is 9.47 Å². The second-order valence-electron chi connectivity index (χ2n) is 6.08. The van der Waals surface area contributed by atoms with Crippen LogP contribution in [-0.4, -0.2) is 23.8 Å². The number of hydrazone groups is 1. The SMILES string of the molecule is CCOC(=O)Cc1csc(NN=Cc2cc(Br)cc(Br)c2OCc2ccccc2)n1. The molecule has 1 heterocycles. The monoisotopic (exact) mass is 551 g/mol. The number of anilines is 1. The van der Waals surface area contributed by atoms with Gasteiger partial charge in [-0.15, -0.1) is 11.3 Å². The van der Waals surface area contributed by atoms with E-state index in [1.807, 2.05) is 42.5 Å². The maximum absolute atomic E-state index is 11.6. The fourth-order valence-corrected chi connectivity index (χ4v) is 4.55. The molecule has 3 aromatic rings. The van der Waals surface area contributed by atoms with Gasteiger partial charge in [0.25, 0.3) is 0 Å². The zero-order valence-electron chi connectivity index (χ0n) is 16.1. The van der Waals surface area contributed by atoms with Crippen LogP contribution in [0.15, 0.2) is 61.9 Å². The molecule has 0 saturated carbocycles. The highest BCUT2D eigenvalue weighted by Gasteiger charge is 2.10. The van der Waals surface area contributed by atoms with Gasteiger partial charge in [-0.05, 0) is 40.5 Å². The van der Waals surface area contributed by atoms with Crippen LogP contribution < -0.4 is 10.2 Å². The Balaban J connectivity index is 1.67. The van der Waals surface area contributed by atoms with Gasteiger partial charge in [-0.3, -0.25) is 10.2 Å². The Labute approximate surface area is 195 Å². The summed E-state index contributed by atoms with van der Waals surface area (Å²) < 4.78 is 12.7. The Morgan fingerprint density at radius 2 is 2.07 bits per heavy atom. The molecule has 6 nitrogen and oxygen atoms in total. The van der Waals surface area contributed by atoms with Gasteiger partial charge in [-0.2, -0.15) is 5.10 Å². The van der Waals surface area contributed by atoms with Crippen molar-refractivity contribution in [2.75, 3.05) is 12.0 Å². The lowest BCUT2D eigenvalue weighted by atomic mass is 10.2. The number of hydrogen-bond donors (Lipinski definition) is 1. The fourth-order valence-electron chi connectivity index (χ4n) is 2.51. The number of ether oxygens (including phenoxy) is 2. The zero-order chi connectivity index (χ0) is 21.3. The van der Waals surface area contributed by atoms with Crippen LogP contribution in [0.2, 0.25) is 0 Å². The third-order valence-corrected chi connectivity index (χ3v) is 5.65. The molecular formula is C21H19Br2N3O3S. The molecule has 2 aromatic carbocycles. The van der Waals surface area contributed by atoms with Crippen molar-refractivity contribution < 1.29 is 14.3 Å². The maximum Gasteiger partial charge on any atom is 0.311 e. The molecule has 0 aliphatic rings. The molecule has 0 fully saturated rings. The summed E-state index contributed by atoms with van der Waals surface area (Å²) in [5.74, 6) is 0.395. The van der Waals surface area contributed by atoms with E-state index < -0.39 is 0 Å². The van der Waals surface area contributed by atoms with E-state index in [0.717, 1.165) is 20.1 Å². The van der Waals surface area contributed by atoms with Gasteiger partial charge in [0, 0.05) is 15.4 Å². The molecule has 0 atom stereocenters. The fraction of sp³-hybridized carbons (Fsp3) is 0.190. The van der Waals surface area contributed by atoms with Crippen molar-refractivity contribution in [1.82, 2.24) is 4.98 Å². The summed E-state index contributed by atoms with van der Waals surface area (Å²) in [5.41, 5.74) is 5.41. The Morgan fingerprint density at radius 3 is 2.83 bits per heavy atom. The molecule has 0 amide bonds. The van der Waals surface area contributed by atoms with Crippen LogP contribution in [0.25, 0.3) is 0 Å². The highest BCUT2D eigenvalue weighted by atomic mass is 79.9. The van der Waals surface area contributed by atoms with Gasteiger partial charge in [0.05, 0.1) is 29.4 Å². The molecule has 1 aromatic heterocycles. The summed E-state index contributed by atoms with van der Waals surface area (Å²) in [6, 6.07) is 13.8. The van der Waals surface area contributed by atoms with Crippen LogP contribution in [-0.2, 0) is 22.6 Å². The Bertz CT molecular complexity index is 1030. The van der Waals surface area contributed by atoms with Crippen LogP contribution in [0.1, 0.15) is 23.7 Å². The summed E-state index contributed by atoms with van der Waals surface area (Å²) in [5, 5.41) is 6.67. The number of nitrogens with one attached hydrogen (secondary N) is 1. The van der Waals surface area contributed by atoms with Crippen molar-refractivity contribution in [1.29, 1.82) is 0 Å². The van der Waals surface area contributed by atoms with Crippen LogP contribution in [0.4, 0.5) is 5.13 Å². The number of benzene rings is 2. The van der Waals surface area contributed by atoms with Crippen LogP contribution in [0, 0.1) is 0 Å². The first-order valence-electron chi connectivity index (χ1n) is 9.10. The van der Waals surface area contributed by atoms with Crippen LogP contribution >= 0.6 is 43.2 Å². The largest absolute Gasteiger partial charge is 0.487 e. The molecule has 0 saturated heterocycles. The van der Waals surface area contributed by atoms with Gasteiger partial charge >= 0.3 is 5.97 Å². The Hall–Kier alpha value is -2.23. The van der Waals surface area contributed by atoms with Gasteiger partial charge in [0.1, 0.15) is 12.4 Å². The smallest absolute Gasteiger partial charge is 0.311 e. The van der Waals surface area contributed by atoms with Crippen molar-refractivity contribution in [2.45, 2.75) is 20.0 Å². The zero-order valence-corrected chi connectivity index (χ0v) is 20.1. The summed E-state index contributed by atoms with van der Waals surface area (Å²) in [4.78, 5) is 15.9. The van der Waals surface area contributed by atoms with E-state index >= 15 is 0 Å². The number of aromatic nitrogens is 1. The second-order valence-corrected chi connectivity index (χ2v) is 8.70. The number of thiazole rings is 1. The number of rotatable bonds is 9. The predicted octanol–water partition coefficient (Wildman–Crippen LogP) is 5.80. The van der Waals surface area contributed by atoms with E-state index in [-0.39, 0.29) is 12.4 Å². The molecule has 0 aliphatic heterocycles. The number of esters is 1. The Kier molecular flexibility index (Phi) is 8.41. The van der Waals surface area contributed by atoms with Crippen molar-refractivity contribution in [3.05, 3.63) is 73.6 Å². The molecule has 0 spiro atoms. The van der Waals surface area contributed by atoms with Gasteiger partial charge in [0.15, 0.2) is 0 Å². The number of carbonyl (C=O) groups is 1. The maximum atomic E-state index is 11.6. The first kappa shape index (κ1) is 22.5. The molecule has 9 heteroatoms. The van der Waals surface area contributed by atoms with E-state index in [1.165, 1.54) is 11.3 Å².